The zero-order valence-corrected chi connectivity index (χ0v) is 16.1. The van der Waals surface area contributed by atoms with Gasteiger partial charge in [-0.25, -0.2) is 4.68 Å². The van der Waals surface area contributed by atoms with Crippen LogP contribution in [0.15, 0.2) is 47.8 Å². The fourth-order valence-electron chi connectivity index (χ4n) is 3.42. The molecular formula is C20H20N4O3S. The number of likely N-dealkylation sites (N-methyl/N-ethyl adjacent to an activating group) is 1. The van der Waals surface area contributed by atoms with Crippen LogP contribution < -0.4 is 5.32 Å². The number of fused-ring (bicyclic) bond motifs is 1. The molecule has 1 aliphatic rings. The fraction of sp³-hybridized carbons (Fsp3) is 0.250. The lowest BCUT2D eigenvalue weighted by Crippen LogP contribution is -2.41. The lowest BCUT2D eigenvalue weighted by atomic mass is 9.89. The Kier molecular flexibility index (Phi) is 4.97. The molecule has 1 unspecified atom stereocenters. The number of nitrogens with zero attached hydrogens (tertiary/aromatic N) is 3. The lowest BCUT2D eigenvalue weighted by Gasteiger charge is -2.31. The maximum absolute atomic E-state index is 13.1. The summed E-state index contributed by atoms with van der Waals surface area (Å²) in [6.07, 6.45) is 0. The third-order valence-corrected chi connectivity index (χ3v) is 5.70. The van der Waals surface area contributed by atoms with Crippen LogP contribution in [0.4, 0.5) is 5.82 Å². The van der Waals surface area contributed by atoms with Crippen LogP contribution in [-0.2, 0) is 11.3 Å². The van der Waals surface area contributed by atoms with Gasteiger partial charge >= 0.3 is 0 Å². The van der Waals surface area contributed by atoms with Gasteiger partial charge in [-0.15, -0.1) is 11.3 Å². The number of benzene rings is 1. The van der Waals surface area contributed by atoms with Crippen LogP contribution in [0.25, 0.3) is 10.6 Å². The predicted octanol–water partition coefficient (Wildman–Crippen LogP) is 2.41. The van der Waals surface area contributed by atoms with E-state index in [-0.39, 0.29) is 25.0 Å². The monoisotopic (exact) mass is 396 g/mol. The molecule has 2 amide bonds. The Hall–Kier alpha value is -2.97. The van der Waals surface area contributed by atoms with E-state index in [1.807, 2.05) is 35.7 Å². The molecule has 28 heavy (non-hydrogen) atoms. The Morgan fingerprint density at radius 3 is 2.89 bits per heavy atom. The van der Waals surface area contributed by atoms with Gasteiger partial charge in [0.05, 0.1) is 23.9 Å². The summed E-state index contributed by atoms with van der Waals surface area (Å²) in [5, 5.41) is 18.7. The van der Waals surface area contributed by atoms with Crippen molar-refractivity contribution in [2.75, 3.05) is 25.5 Å². The van der Waals surface area contributed by atoms with Crippen LogP contribution in [0.3, 0.4) is 0 Å². The Bertz CT molecular complexity index is 1010. The highest BCUT2D eigenvalue weighted by Gasteiger charge is 2.33. The number of carbonyl (C=O) groups is 2. The second-order valence-electron chi connectivity index (χ2n) is 6.65. The van der Waals surface area contributed by atoms with Gasteiger partial charge in [-0.2, -0.15) is 5.10 Å². The van der Waals surface area contributed by atoms with Crippen molar-refractivity contribution < 1.29 is 14.7 Å². The number of hydrogen-bond donors (Lipinski definition) is 2. The minimum atomic E-state index is -0.471. The second kappa shape index (κ2) is 7.57. The molecule has 8 heteroatoms. The molecule has 0 aliphatic carbocycles. The average molecular weight is 396 g/mol. The number of aliphatic hydroxyl groups excluding tert-OH is 1. The highest BCUT2D eigenvalue weighted by molar-refractivity contribution is 7.13. The quantitative estimate of drug-likeness (QED) is 0.693. The van der Waals surface area contributed by atoms with Gasteiger partial charge in [-0.1, -0.05) is 24.3 Å². The van der Waals surface area contributed by atoms with Crippen LogP contribution in [0.2, 0.25) is 0 Å². The fourth-order valence-corrected chi connectivity index (χ4v) is 4.10. The molecule has 144 valence electrons. The smallest absolute Gasteiger partial charge is 0.253 e. The standard InChI is InChI=1S/C20H20N4O3S/c1-23-12-15(13-5-2-3-6-14(13)20(23)27)19(26)21-18-11-16(17-7-4-10-28-17)22-24(18)8-9-25/h2-7,10-11,15,25H,8-9,12H2,1H3,(H,21,26). The summed E-state index contributed by atoms with van der Waals surface area (Å²) in [5.74, 6) is -0.227. The van der Waals surface area contributed by atoms with E-state index in [1.54, 1.807) is 40.1 Å². The van der Waals surface area contributed by atoms with E-state index in [2.05, 4.69) is 10.4 Å². The summed E-state index contributed by atoms with van der Waals surface area (Å²) in [5.41, 5.74) is 2.03. The molecule has 1 aromatic carbocycles. The van der Waals surface area contributed by atoms with E-state index in [9.17, 15) is 14.7 Å². The molecule has 0 saturated carbocycles. The van der Waals surface area contributed by atoms with Gasteiger partial charge in [-0.05, 0) is 23.1 Å². The number of thiophene rings is 1. The molecule has 3 aromatic rings. The van der Waals surface area contributed by atoms with Gasteiger partial charge in [0.25, 0.3) is 5.91 Å². The largest absolute Gasteiger partial charge is 0.394 e. The SMILES string of the molecule is CN1CC(C(=O)Nc2cc(-c3cccs3)nn2CCO)c2ccccc2C1=O. The summed E-state index contributed by atoms with van der Waals surface area (Å²) in [6, 6.07) is 12.9. The molecule has 0 fully saturated rings. The number of nitrogens with one attached hydrogen (secondary N) is 1. The third kappa shape index (κ3) is 3.32. The first-order valence-corrected chi connectivity index (χ1v) is 9.84. The molecule has 4 rings (SSSR count). The van der Waals surface area contributed by atoms with Crippen LogP contribution in [-0.4, -0.2) is 51.8 Å². The molecule has 2 aromatic heterocycles. The summed E-state index contributed by atoms with van der Waals surface area (Å²) in [4.78, 5) is 28.0. The molecule has 1 atom stereocenters. The summed E-state index contributed by atoms with van der Waals surface area (Å²) in [7, 11) is 1.70. The van der Waals surface area contributed by atoms with Crippen LogP contribution in [0.5, 0.6) is 0 Å². The predicted molar refractivity (Wildman–Crippen MR) is 107 cm³/mol. The van der Waals surface area contributed by atoms with E-state index in [0.717, 1.165) is 16.1 Å². The first-order valence-electron chi connectivity index (χ1n) is 8.96. The highest BCUT2D eigenvalue weighted by atomic mass is 32.1. The van der Waals surface area contributed by atoms with E-state index < -0.39 is 5.92 Å². The van der Waals surface area contributed by atoms with E-state index in [0.29, 0.717) is 17.9 Å². The molecule has 0 radical (unpaired) electrons. The highest BCUT2D eigenvalue weighted by Crippen LogP contribution is 2.30. The molecule has 7 nitrogen and oxygen atoms in total. The van der Waals surface area contributed by atoms with Crippen LogP contribution in [0, 0.1) is 0 Å². The van der Waals surface area contributed by atoms with Crippen molar-refractivity contribution in [1.29, 1.82) is 0 Å². The molecule has 0 bridgehead atoms. The molecular weight excluding hydrogens is 376 g/mol. The number of aliphatic hydroxyl groups is 1. The van der Waals surface area contributed by atoms with Crippen molar-refractivity contribution >= 4 is 29.0 Å². The van der Waals surface area contributed by atoms with Gasteiger partial charge in [-0.3, -0.25) is 9.59 Å². The zero-order chi connectivity index (χ0) is 19.7. The van der Waals surface area contributed by atoms with Gasteiger partial charge in [0.1, 0.15) is 11.5 Å². The second-order valence-corrected chi connectivity index (χ2v) is 7.60. The number of rotatable bonds is 5. The zero-order valence-electron chi connectivity index (χ0n) is 15.3. The number of aromatic nitrogens is 2. The van der Waals surface area contributed by atoms with E-state index >= 15 is 0 Å². The van der Waals surface area contributed by atoms with Crippen molar-refractivity contribution in [2.45, 2.75) is 12.5 Å². The van der Waals surface area contributed by atoms with Crippen LogP contribution in [0.1, 0.15) is 21.8 Å². The molecule has 0 saturated heterocycles. The summed E-state index contributed by atoms with van der Waals surface area (Å²) < 4.78 is 1.59. The Balaban J connectivity index is 1.63. The number of anilines is 1. The number of hydrogen-bond acceptors (Lipinski definition) is 5. The molecule has 1 aliphatic heterocycles. The van der Waals surface area contributed by atoms with Crippen molar-refractivity contribution in [3.63, 3.8) is 0 Å². The van der Waals surface area contributed by atoms with Gasteiger partial charge in [0.15, 0.2) is 0 Å². The van der Waals surface area contributed by atoms with Crippen molar-refractivity contribution in [3.05, 3.63) is 59.0 Å². The first kappa shape index (κ1) is 18.4. The number of amides is 2. The molecule has 2 N–H and O–H groups in total. The maximum Gasteiger partial charge on any atom is 0.253 e. The Morgan fingerprint density at radius 1 is 1.32 bits per heavy atom. The van der Waals surface area contributed by atoms with E-state index in [1.165, 1.54) is 0 Å². The summed E-state index contributed by atoms with van der Waals surface area (Å²) >= 11 is 1.56. The molecule has 3 heterocycles. The minimum Gasteiger partial charge on any atom is -0.394 e. The first-order chi connectivity index (χ1) is 13.6. The normalized spacial score (nSPS) is 16.1. The van der Waals surface area contributed by atoms with Gasteiger partial charge in [0.2, 0.25) is 5.91 Å². The van der Waals surface area contributed by atoms with Crippen molar-refractivity contribution in [1.82, 2.24) is 14.7 Å². The van der Waals surface area contributed by atoms with Crippen molar-refractivity contribution in [2.24, 2.45) is 0 Å². The lowest BCUT2D eigenvalue weighted by molar-refractivity contribution is -0.118. The molecule has 0 spiro atoms. The van der Waals surface area contributed by atoms with Crippen LogP contribution >= 0.6 is 11.3 Å². The Morgan fingerprint density at radius 2 is 2.14 bits per heavy atom. The average Bonchev–Trinajstić information content (AvgIpc) is 3.35. The third-order valence-electron chi connectivity index (χ3n) is 4.80. The number of carbonyl (C=O) groups excluding carboxylic acids is 2. The maximum atomic E-state index is 13.1. The van der Waals surface area contributed by atoms with Crippen molar-refractivity contribution in [3.8, 4) is 10.6 Å². The van der Waals surface area contributed by atoms with Gasteiger partial charge in [0, 0.05) is 25.2 Å². The van der Waals surface area contributed by atoms with E-state index in [4.69, 9.17) is 0 Å². The minimum absolute atomic E-state index is 0.0787. The van der Waals surface area contributed by atoms with Gasteiger partial charge < -0.3 is 15.3 Å². The topological polar surface area (TPSA) is 87.5 Å². The Labute approximate surface area is 166 Å². The summed E-state index contributed by atoms with van der Waals surface area (Å²) in [6.45, 7) is 0.506.